The lowest BCUT2D eigenvalue weighted by Gasteiger charge is -2.03. The van der Waals surface area contributed by atoms with E-state index in [0.29, 0.717) is 29.9 Å². The van der Waals surface area contributed by atoms with E-state index in [1.165, 1.54) is 11.8 Å². The second-order valence-electron chi connectivity index (χ2n) is 5.01. The van der Waals surface area contributed by atoms with Gasteiger partial charge in [-0.25, -0.2) is 4.99 Å². The largest absolute Gasteiger partial charge is 0.506 e. The highest BCUT2D eigenvalue weighted by Gasteiger charge is 2.24. The first-order chi connectivity index (χ1) is 12.0. The average Bonchev–Trinajstić information content (AvgIpc) is 2.92. The Hall–Kier alpha value is -1.71. The summed E-state index contributed by atoms with van der Waals surface area (Å²) in [6.45, 7) is 0. The molecule has 1 heterocycles. The van der Waals surface area contributed by atoms with E-state index in [1.807, 2.05) is 22.6 Å². The van der Waals surface area contributed by atoms with Crippen molar-refractivity contribution in [3.05, 3.63) is 55.5 Å². The van der Waals surface area contributed by atoms with Crippen LogP contribution in [0.15, 0.2) is 46.3 Å². The molecule has 0 bridgehead atoms. The van der Waals surface area contributed by atoms with Gasteiger partial charge in [-0.15, -0.1) is 0 Å². The van der Waals surface area contributed by atoms with Gasteiger partial charge in [0.1, 0.15) is 11.5 Å². The van der Waals surface area contributed by atoms with Gasteiger partial charge in [0.2, 0.25) is 0 Å². The molecule has 8 heteroatoms. The molecular weight excluding hydrogens is 475 g/mol. The van der Waals surface area contributed by atoms with Crippen molar-refractivity contribution >= 4 is 68.8 Å². The minimum absolute atomic E-state index is 0.0893. The van der Waals surface area contributed by atoms with Crippen molar-refractivity contribution in [2.45, 2.75) is 0 Å². The van der Waals surface area contributed by atoms with Gasteiger partial charge in [-0.05, 0) is 76.8 Å². The van der Waals surface area contributed by atoms with E-state index in [1.54, 1.807) is 49.6 Å². The molecular formula is C17H12ClIN2O3S. The highest BCUT2D eigenvalue weighted by Crippen LogP contribution is 2.34. The maximum atomic E-state index is 12.1. The number of nitrogens with zero attached hydrogens (tertiary/aromatic N) is 1. The number of amidine groups is 1. The third-order valence-electron chi connectivity index (χ3n) is 3.30. The SMILES string of the molecule is COc1ccc(N=C2NC(=O)/C(=C\c3cc(Cl)cc(I)c3O)S2)cc1. The van der Waals surface area contributed by atoms with Crippen LogP contribution in [-0.2, 0) is 4.79 Å². The molecule has 2 aromatic carbocycles. The summed E-state index contributed by atoms with van der Waals surface area (Å²) in [4.78, 5) is 17.0. The smallest absolute Gasteiger partial charge is 0.264 e. The Morgan fingerprint density at radius 1 is 1.32 bits per heavy atom. The summed E-state index contributed by atoms with van der Waals surface area (Å²) in [5.74, 6) is 0.553. The molecule has 0 aliphatic carbocycles. The molecule has 2 aromatic rings. The molecule has 0 unspecified atom stereocenters. The first-order valence-corrected chi connectivity index (χ1v) is 9.35. The van der Waals surface area contributed by atoms with Gasteiger partial charge in [-0.1, -0.05) is 11.6 Å². The van der Waals surface area contributed by atoms with Gasteiger partial charge >= 0.3 is 0 Å². The van der Waals surface area contributed by atoms with Gasteiger partial charge in [0.25, 0.3) is 5.91 Å². The normalized spacial score (nSPS) is 17.2. The van der Waals surface area contributed by atoms with Crippen molar-refractivity contribution in [3.8, 4) is 11.5 Å². The monoisotopic (exact) mass is 486 g/mol. The van der Waals surface area contributed by atoms with E-state index in [0.717, 1.165) is 5.75 Å². The summed E-state index contributed by atoms with van der Waals surface area (Å²) in [7, 11) is 1.59. The Bertz CT molecular complexity index is 898. The highest BCUT2D eigenvalue weighted by atomic mass is 127. The van der Waals surface area contributed by atoms with Crippen molar-refractivity contribution in [3.63, 3.8) is 0 Å². The molecule has 25 heavy (non-hydrogen) atoms. The van der Waals surface area contributed by atoms with Crippen LogP contribution >= 0.6 is 46.0 Å². The minimum atomic E-state index is -0.272. The maximum absolute atomic E-state index is 12.1. The molecule has 0 spiro atoms. The number of carbonyl (C=O) groups excluding carboxylic acids is 1. The van der Waals surface area contributed by atoms with E-state index in [2.05, 4.69) is 10.3 Å². The van der Waals surface area contributed by atoms with E-state index >= 15 is 0 Å². The van der Waals surface area contributed by atoms with Crippen LogP contribution in [0.4, 0.5) is 5.69 Å². The maximum Gasteiger partial charge on any atom is 0.264 e. The first kappa shape index (κ1) is 18.1. The Labute approximate surface area is 167 Å². The molecule has 3 rings (SSSR count). The van der Waals surface area contributed by atoms with Crippen LogP contribution in [0, 0.1) is 3.57 Å². The van der Waals surface area contributed by atoms with Crippen LogP contribution in [0.25, 0.3) is 6.08 Å². The zero-order chi connectivity index (χ0) is 18.0. The molecule has 0 saturated carbocycles. The fourth-order valence-electron chi connectivity index (χ4n) is 2.09. The number of hydrogen-bond donors (Lipinski definition) is 2. The van der Waals surface area contributed by atoms with Crippen LogP contribution in [-0.4, -0.2) is 23.3 Å². The Morgan fingerprint density at radius 2 is 2.04 bits per heavy atom. The van der Waals surface area contributed by atoms with Gasteiger partial charge in [0, 0.05) is 10.6 Å². The number of benzene rings is 2. The van der Waals surface area contributed by atoms with Crippen LogP contribution in [0.1, 0.15) is 5.56 Å². The Kier molecular flexibility index (Phi) is 5.55. The van der Waals surface area contributed by atoms with Gasteiger partial charge in [-0.3, -0.25) is 4.79 Å². The number of nitrogens with one attached hydrogen (secondary N) is 1. The third-order valence-corrected chi connectivity index (χ3v) is 5.25. The molecule has 1 fully saturated rings. The van der Waals surface area contributed by atoms with E-state index in [-0.39, 0.29) is 11.7 Å². The minimum Gasteiger partial charge on any atom is -0.506 e. The molecule has 1 aliphatic heterocycles. The van der Waals surface area contributed by atoms with E-state index in [9.17, 15) is 9.90 Å². The second-order valence-corrected chi connectivity index (χ2v) is 7.63. The molecule has 5 nitrogen and oxygen atoms in total. The number of methoxy groups -OCH3 is 1. The number of thioether (sulfide) groups is 1. The van der Waals surface area contributed by atoms with Gasteiger partial charge in [0.05, 0.1) is 21.3 Å². The number of phenols is 1. The first-order valence-electron chi connectivity index (χ1n) is 7.08. The predicted molar refractivity (Wildman–Crippen MR) is 110 cm³/mol. The summed E-state index contributed by atoms with van der Waals surface area (Å²) in [5.41, 5.74) is 1.19. The molecule has 0 aromatic heterocycles. The van der Waals surface area contributed by atoms with Crippen molar-refractivity contribution < 1.29 is 14.6 Å². The Balaban J connectivity index is 1.86. The zero-order valence-electron chi connectivity index (χ0n) is 12.9. The zero-order valence-corrected chi connectivity index (χ0v) is 16.6. The average molecular weight is 487 g/mol. The van der Waals surface area contributed by atoms with Gasteiger partial charge in [0.15, 0.2) is 5.17 Å². The number of phenolic OH excluding ortho intramolecular Hbond substituents is 1. The molecule has 0 radical (unpaired) electrons. The van der Waals surface area contributed by atoms with Crippen LogP contribution in [0.3, 0.4) is 0 Å². The molecule has 2 N–H and O–H groups in total. The third kappa shape index (κ3) is 4.28. The fourth-order valence-corrected chi connectivity index (χ4v) is 3.98. The number of aromatic hydroxyl groups is 1. The predicted octanol–water partition coefficient (Wildman–Crippen LogP) is 4.55. The molecule has 1 saturated heterocycles. The molecule has 128 valence electrons. The topological polar surface area (TPSA) is 70.9 Å². The van der Waals surface area contributed by atoms with Crippen molar-refractivity contribution in [1.82, 2.24) is 5.32 Å². The highest BCUT2D eigenvalue weighted by molar-refractivity contribution is 14.1. The molecule has 0 atom stereocenters. The van der Waals surface area contributed by atoms with Crippen molar-refractivity contribution in [1.29, 1.82) is 0 Å². The number of halogens is 2. The number of hydrogen-bond acceptors (Lipinski definition) is 5. The summed E-state index contributed by atoms with van der Waals surface area (Å²) in [6, 6.07) is 10.4. The Morgan fingerprint density at radius 3 is 2.72 bits per heavy atom. The molecule has 1 aliphatic rings. The fraction of sp³-hybridized carbons (Fsp3) is 0.0588. The van der Waals surface area contributed by atoms with Gasteiger partial charge in [-0.2, -0.15) is 0 Å². The van der Waals surface area contributed by atoms with Gasteiger partial charge < -0.3 is 15.2 Å². The van der Waals surface area contributed by atoms with E-state index in [4.69, 9.17) is 16.3 Å². The number of amides is 1. The summed E-state index contributed by atoms with van der Waals surface area (Å²) in [5, 5.41) is 13.8. The quantitative estimate of drug-likeness (QED) is 0.493. The van der Waals surface area contributed by atoms with Crippen LogP contribution in [0.2, 0.25) is 5.02 Å². The number of aliphatic imine (C=N–C) groups is 1. The summed E-state index contributed by atoms with van der Waals surface area (Å²) < 4.78 is 5.72. The number of ether oxygens (including phenoxy) is 1. The van der Waals surface area contributed by atoms with Crippen LogP contribution in [0.5, 0.6) is 11.5 Å². The lowest BCUT2D eigenvalue weighted by atomic mass is 10.2. The summed E-state index contributed by atoms with van der Waals surface area (Å²) >= 11 is 9.21. The number of rotatable bonds is 3. The van der Waals surface area contributed by atoms with Crippen LogP contribution < -0.4 is 10.1 Å². The van der Waals surface area contributed by atoms with E-state index < -0.39 is 0 Å². The second kappa shape index (κ2) is 7.67. The van der Waals surface area contributed by atoms with Crippen molar-refractivity contribution in [2.75, 3.05) is 7.11 Å². The summed E-state index contributed by atoms with van der Waals surface area (Å²) in [6.07, 6.45) is 1.60. The lowest BCUT2D eigenvalue weighted by Crippen LogP contribution is -2.19. The number of carbonyl (C=O) groups is 1. The molecule has 1 amide bonds. The van der Waals surface area contributed by atoms with Crippen molar-refractivity contribution in [2.24, 2.45) is 4.99 Å². The standard InChI is InChI=1S/C17H12ClIN2O3S/c1-24-12-4-2-11(3-5-12)20-17-21-16(23)14(25-17)7-9-6-10(18)8-13(19)15(9)22/h2-8,22H,1H3,(H,20,21,23)/b14-7+. The lowest BCUT2D eigenvalue weighted by molar-refractivity contribution is -0.115.